The standard InChI is InChI=1S/C19H17N5O6S2/c1-20-14(25)12(15(26)21(2)18(20)31)11(9-7-5-6-8-10(9)24(29)30)13-16(27)22(3)19(32)23(4)17(13)28/h5-8,25H,1-4H3. The van der Waals surface area contributed by atoms with Gasteiger partial charge in [0.1, 0.15) is 11.1 Å². The summed E-state index contributed by atoms with van der Waals surface area (Å²) in [6.45, 7) is 0. The van der Waals surface area contributed by atoms with Crippen LogP contribution in [0, 0.1) is 14.9 Å². The van der Waals surface area contributed by atoms with Crippen LogP contribution in [0.5, 0.6) is 5.88 Å². The lowest BCUT2D eigenvalue weighted by molar-refractivity contribution is -0.385. The number of likely N-dealkylation sites (N-methyl/N-ethyl adjacent to an activating group) is 2. The lowest BCUT2D eigenvalue weighted by Crippen LogP contribution is -2.53. The average molecular weight is 476 g/mol. The van der Waals surface area contributed by atoms with E-state index in [1.807, 2.05) is 0 Å². The molecular formula is C19H17N5O6S2. The quantitative estimate of drug-likeness (QED) is 0.229. The van der Waals surface area contributed by atoms with E-state index in [1.54, 1.807) is 0 Å². The van der Waals surface area contributed by atoms with Gasteiger partial charge in [0.2, 0.25) is 5.88 Å². The van der Waals surface area contributed by atoms with Gasteiger partial charge in [-0.05, 0) is 30.5 Å². The molecule has 0 bridgehead atoms. The van der Waals surface area contributed by atoms with Gasteiger partial charge in [0.25, 0.3) is 23.1 Å². The minimum absolute atomic E-state index is 0.0418. The van der Waals surface area contributed by atoms with Crippen LogP contribution in [0.1, 0.15) is 11.1 Å². The van der Waals surface area contributed by atoms with Gasteiger partial charge in [-0.3, -0.25) is 43.4 Å². The zero-order valence-corrected chi connectivity index (χ0v) is 19.0. The van der Waals surface area contributed by atoms with Crippen molar-refractivity contribution in [3.8, 4) is 5.88 Å². The minimum Gasteiger partial charge on any atom is -0.494 e. The Morgan fingerprint density at radius 1 is 0.969 bits per heavy atom. The summed E-state index contributed by atoms with van der Waals surface area (Å²) in [6.07, 6.45) is 0. The number of benzene rings is 1. The highest BCUT2D eigenvalue weighted by Crippen LogP contribution is 2.37. The maximum Gasteiger partial charge on any atom is 0.277 e. The second-order valence-electron chi connectivity index (χ2n) is 6.94. The molecule has 2 amide bonds. The smallest absolute Gasteiger partial charge is 0.277 e. The lowest BCUT2D eigenvalue weighted by Gasteiger charge is -2.33. The van der Waals surface area contributed by atoms with E-state index in [1.165, 1.54) is 46.4 Å². The SMILES string of the molecule is CN1C(=O)C(=C(c2ccccc2[N+](=O)[O-])c2c(O)n(C)c(=S)n(C)c2=O)C(=O)N(C)C1=S. The van der Waals surface area contributed by atoms with Crippen molar-refractivity contribution in [2.24, 2.45) is 14.1 Å². The van der Waals surface area contributed by atoms with Gasteiger partial charge in [0.05, 0.1) is 10.5 Å². The Bertz CT molecular complexity index is 1350. The van der Waals surface area contributed by atoms with Gasteiger partial charge in [-0.15, -0.1) is 0 Å². The highest BCUT2D eigenvalue weighted by atomic mass is 32.1. The predicted molar refractivity (Wildman–Crippen MR) is 120 cm³/mol. The van der Waals surface area contributed by atoms with Gasteiger partial charge in [0.15, 0.2) is 9.88 Å². The molecule has 0 spiro atoms. The zero-order valence-electron chi connectivity index (χ0n) is 17.4. The largest absolute Gasteiger partial charge is 0.494 e. The molecule has 2 heterocycles. The fraction of sp³-hybridized carbons (Fsp3) is 0.211. The Kier molecular flexibility index (Phi) is 5.80. The summed E-state index contributed by atoms with van der Waals surface area (Å²) in [5, 5.41) is 22.5. The Hall–Kier alpha value is -3.71. The van der Waals surface area contributed by atoms with Crippen LogP contribution in [-0.4, -0.2) is 60.0 Å². The van der Waals surface area contributed by atoms with E-state index >= 15 is 0 Å². The number of hydrogen-bond donors (Lipinski definition) is 1. The maximum atomic E-state index is 13.2. The molecule has 13 heteroatoms. The normalized spacial score (nSPS) is 14.2. The molecule has 0 unspecified atom stereocenters. The number of carbonyl (C=O) groups excluding carboxylic acids is 2. The molecule has 1 aliphatic heterocycles. The molecule has 32 heavy (non-hydrogen) atoms. The van der Waals surface area contributed by atoms with Gasteiger partial charge in [-0.2, -0.15) is 0 Å². The number of amides is 2. The summed E-state index contributed by atoms with van der Waals surface area (Å²) in [5.74, 6) is -2.41. The third kappa shape index (κ3) is 3.31. The first kappa shape index (κ1) is 23.0. The predicted octanol–water partition coefficient (Wildman–Crippen LogP) is 1.08. The molecule has 0 radical (unpaired) electrons. The van der Waals surface area contributed by atoms with Crippen molar-refractivity contribution in [2.75, 3.05) is 14.1 Å². The minimum atomic E-state index is -0.877. The van der Waals surface area contributed by atoms with Crippen LogP contribution >= 0.6 is 24.4 Å². The van der Waals surface area contributed by atoms with E-state index in [0.29, 0.717) is 0 Å². The van der Waals surface area contributed by atoms with Gasteiger partial charge in [0, 0.05) is 39.8 Å². The summed E-state index contributed by atoms with van der Waals surface area (Å²) in [7, 11) is 5.37. The molecule has 3 rings (SSSR count). The van der Waals surface area contributed by atoms with Crippen LogP contribution in [0.3, 0.4) is 0 Å². The van der Waals surface area contributed by atoms with Gasteiger partial charge in [-0.25, -0.2) is 0 Å². The maximum absolute atomic E-state index is 13.2. The molecule has 1 saturated heterocycles. The van der Waals surface area contributed by atoms with Crippen molar-refractivity contribution in [1.82, 2.24) is 18.9 Å². The first-order chi connectivity index (χ1) is 14.9. The van der Waals surface area contributed by atoms with E-state index in [0.717, 1.165) is 25.0 Å². The molecule has 166 valence electrons. The molecule has 0 atom stereocenters. The number of rotatable bonds is 3. The van der Waals surface area contributed by atoms with Crippen molar-refractivity contribution in [2.45, 2.75) is 0 Å². The van der Waals surface area contributed by atoms with E-state index in [4.69, 9.17) is 24.4 Å². The lowest BCUT2D eigenvalue weighted by atomic mass is 9.90. The Morgan fingerprint density at radius 3 is 2.03 bits per heavy atom. The first-order valence-corrected chi connectivity index (χ1v) is 9.80. The zero-order chi connectivity index (χ0) is 24.1. The van der Waals surface area contributed by atoms with Crippen molar-refractivity contribution in [3.63, 3.8) is 0 Å². The second kappa shape index (κ2) is 8.09. The van der Waals surface area contributed by atoms with E-state index in [-0.39, 0.29) is 15.4 Å². The summed E-state index contributed by atoms with van der Waals surface area (Å²) in [5.41, 5.74) is -2.94. The van der Waals surface area contributed by atoms with E-state index in [9.17, 15) is 29.6 Å². The van der Waals surface area contributed by atoms with Crippen LogP contribution in [0.4, 0.5) is 5.69 Å². The van der Waals surface area contributed by atoms with Crippen molar-refractivity contribution in [1.29, 1.82) is 0 Å². The summed E-state index contributed by atoms with van der Waals surface area (Å²) in [6, 6.07) is 5.29. The summed E-state index contributed by atoms with van der Waals surface area (Å²) in [4.78, 5) is 52.6. The highest BCUT2D eigenvalue weighted by molar-refractivity contribution is 7.80. The van der Waals surface area contributed by atoms with Crippen molar-refractivity contribution >= 4 is 52.6 Å². The monoisotopic (exact) mass is 475 g/mol. The Labute approximate surface area is 191 Å². The molecular weight excluding hydrogens is 458 g/mol. The number of hydrogen-bond acceptors (Lipinski definition) is 8. The molecule has 1 fully saturated rings. The van der Waals surface area contributed by atoms with Crippen molar-refractivity contribution < 1.29 is 19.6 Å². The van der Waals surface area contributed by atoms with E-state index < -0.39 is 50.6 Å². The molecule has 1 N–H and O–H groups in total. The highest BCUT2D eigenvalue weighted by Gasteiger charge is 2.41. The molecule has 1 aliphatic rings. The van der Waals surface area contributed by atoms with E-state index in [2.05, 4.69) is 0 Å². The molecule has 2 aromatic rings. The molecule has 0 aliphatic carbocycles. The average Bonchev–Trinajstić information content (AvgIpc) is 2.77. The molecule has 1 aromatic carbocycles. The van der Waals surface area contributed by atoms with Crippen LogP contribution in [0.25, 0.3) is 5.57 Å². The van der Waals surface area contributed by atoms with Crippen LogP contribution in [0.15, 0.2) is 34.6 Å². The number of nitrogens with zero attached hydrogens (tertiary/aromatic N) is 5. The molecule has 1 aromatic heterocycles. The Morgan fingerprint density at radius 2 is 1.50 bits per heavy atom. The number of thiocarbonyl (C=S) groups is 1. The molecule has 11 nitrogen and oxygen atoms in total. The number of nitro benzene ring substituents is 1. The number of aromatic nitrogens is 2. The summed E-state index contributed by atoms with van der Waals surface area (Å²) >= 11 is 10.2. The second-order valence-corrected chi connectivity index (χ2v) is 7.67. The van der Waals surface area contributed by atoms with Gasteiger partial charge >= 0.3 is 0 Å². The number of nitro groups is 1. The Balaban J connectivity index is 2.63. The van der Waals surface area contributed by atoms with Gasteiger partial charge in [-0.1, -0.05) is 12.1 Å². The topological polar surface area (TPSA) is 131 Å². The van der Waals surface area contributed by atoms with Crippen LogP contribution in [-0.2, 0) is 23.7 Å². The number of para-hydroxylation sites is 1. The summed E-state index contributed by atoms with van der Waals surface area (Å²) < 4.78 is 2.08. The fourth-order valence-corrected chi connectivity index (χ4v) is 3.67. The van der Waals surface area contributed by atoms with Crippen LogP contribution in [0.2, 0.25) is 0 Å². The molecule has 0 saturated carbocycles. The van der Waals surface area contributed by atoms with Crippen LogP contribution < -0.4 is 5.56 Å². The third-order valence-corrected chi connectivity index (χ3v) is 6.21. The first-order valence-electron chi connectivity index (χ1n) is 8.99. The van der Waals surface area contributed by atoms with Gasteiger partial charge < -0.3 is 5.11 Å². The van der Waals surface area contributed by atoms with Crippen molar-refractivity contribution in [3.05, 3.63) is 66.2 Å². The third-order valence-electron chi connectivity index (χ3n) is 5.11. The number of aromatic hydroxyl groups is 1. The number of carbonyl (C=O) groups is 2. The fourth-order valence-electron chi connectivity index (χ4n) is 3.33.